The van der Waals surface area contributed by atoms with E-state index >= 15 is 0 Å². The van der Waals surface area contributed by atoms with Crippen molar-refractivity contribution in [1.29, 1.82) is 0 Å². The Morgan fingerprint density at radius 1 is 1.47 bits per heavy atom. The van der Waals surface area contributed by atoms with E-state index in [0.29, 0.717) is 17.4 Å². The van der Waals surface area contributed by atoms with Crippen LogP contribution in [0.5, 0.6) is 0 Å². The van der Waals surface area contributed by atoms with Gasteiger partial charge in [-0.05, 0) is 36.3 Å². The molecule has 0 saturated carbocycles. The summed E-state index contributed by atoms with van der Waals surface area (Å²) >= 11 is 1.67. The normalized spacial score (nSPS) is 10.5. The number of carbonyl (C=O) groups is 1. The van der Waals surface area contributed by atoms with Crippen LogP contribution in [0.15, 0.2) is 24.3 Å². The lowest BCUT2D eigenvalue weighted by atomic mass is 10.2. The summed E-state index contributed by atoms with van der Waals surface area (Å²) < 4.78 is 0. The molecule has 1 rings (SSSR count). The van der Waals surface area contributed by atoms with Crippen molar-refractivity contribution in [2.24, 2.45) is 5.92 Å². The molecule has 0 saturated heterocycles. The summed E-state index contributed by atoms with van der Waals surface area (Å²) in [5.41, 5.74) is 7.06. The zero-order valence-electron chi connectivity index (χ0n) is 10.4. The van der Waals surface area contributed by atoms with Crippen molar-refractivity contribution in [3.8, 4) is 0 Å². The Bertz CT molecular complexity index is 366. The third-order valence-corrected chi connectivity index (χ3v) is 3.23. The molecule has 0 bridgehead atoms. The van der Waals surface area contributed by atoms with Gasteiger partial charge in [-0.2, -0.15) is 11.8 Å². The number of nitrogen functional groups attached to an aromatic ring is 1. The van der Waals surface area contributed by atoms with E-state index in [-0.39, 0.29) is 5.91 Å². The largest absolute Gasteiger partial charge is 0.399 e. The summed E-state index contributed by atoms with van der Waals surface area (Å²) in [6, 6.07) is 7.23. The van der Waals surface area contributed by atoms with Crippen LogP contribution in [0.4, 0.5) is 11.4 Å². The Labute approximate surface area is 107 Å². The van der Waals surface area contributed by atoms with Crippen molar-refractivity contribution in [1.82, 2.24) is 0 Å². The number of nitrogens with one attached hydrogen (secondary N) is 1. The van der Waals surface area contributed by atoms with Gasteiger partial charge in [0.2, 0.25) is 5.91 Å². The molecule has 0 atom stereocenters. The molecule has 0 unspecified atom stereocenters. The molecule has 0 heterocycles. The first-order valence-corrected chi connectivity index (χ1v) is 6.96. The van der Waals surface area contributed by atoms with E-state index in [1.165, 1.54) is 0 Å². The van der Waals surface area contributed by atoms with E-state index in [4.69, 9.17) is 5.73 Å². The van der Waals surface area contributed by atoms with Gasteiger partial charge in [-0.1, -0.05) is 19.9 Å². The van der Waals surface area contributed by atoms with Crippen LogP contribution >= 0.6 is 11.8 Å². The van der Waals surface area contributed by atoms with Crippen molar-refractivity contribution in [2.75, 3.05) is 22.6 Å². The number of hydrogen-bond donors (Lipinski definition) is 2. The predicted molar refractivity (Wildman–Crippen MR) is 76.3 cm³/mol. The van der Waals surface area contributed by atoms with Crippen molar-refractivity contribution in [3.05, 3.63) is 24.3 Å². The fraction of sp³-hybridized carbons (Fsp3) is 0.462. The SMILES string of the molecule is CC(C)CCSCC(=O)Nc1cccc(N)c1. The second-order valence-electron chi connectivity index (χ2n) is 4.41. The fourth-order valence-electron chi connectivity index (χ4n) is 1.30. The molecule has 0 aliphatic heterocycles. The summed E-state index contributed by atoms with van der Waals surface area (Å²) in [5, 5.41) is 2.83. The highest BCUT2D eigenvalue weighted by Gasteiger charge is 2.03. The Balaban J connectivity index is 2.25. The highest BCUT2D eigenvalue weighted by atomic mass is 32.2. The van der Waals surface area contributed by atoms with Gasteiger partial charge in [-0.3, -0.25) is 4.79 Å². The zero-order chi connectivity index (χ0) is 12.7. The Morgan fingerprint density at radius 2 is 2.24 bits per heavy atom. The minimum atomic E-state index is 0.0318. The third kappa shape index (κ3) is 6.22. The molecule has 94 valence electrons. The lowest BCUT2D eigenvalue weighted by Crippen LogP contribution is -2.14. The van der Waals surface area contributed by atoms with E-state index in [9.17, 15) is 4.79 Å². The molecule has 0 fully saturated rings. The molecule has 0 aromatic heterocycles. The summed E-state index contributed by atoms with van der Waals surface area (Å²) in [6.45, 7) is 4.38. The minimum absolute atomic E-state index is 0.0318. The molecule has 4 heteroatoms. The number of hydrogen-bond acceptors (Lipinski definition) is 3. The second-order valence-corrected chi connectivity index (χ2v) is 5.51. The van der Waals surface area contributed by atoms with Gasteiger partial charge in [0.05, 0.1) is 5.75 Å². The number of benzene rings is 1. The number of amides is 1. The van der Waals surface area contributed by atoms with Crippen LogP contribution in [0.2, 0.25) is 0 Å². The maximum absolute atomic E-state index is 11.6. The van der Waals surface area contributed by atoms with E-state index in [1.54, 1.807) is 23.9 Å². The summed E-state index contributed by atoms with van der Waals surface area (Å²) in [5.74, 6) is 2.26. The molecule has 3 N–H and O–H groups in total. The number of carbonyl (C=O) groups excluding carboxylic acids is 1. The van der Waals surface area contributed by atoms with Crippen molar-refractivity contribution >= 4 is 29.0 Å². The lowest BCUT2D eigenvalue weighted by molar-refractivity contribution is -0.113. The van der Waals surface area contributed by atoms with Gasteiger partial charge in [0.1, 0.15) is 0 Å². The third-order valence-electron chi connectivity index (χ3n) is 2.24. The quantitative estimate of drug-likeness (QED) is 0.604. The Morgan fingerprint density at radius 3 is 2.88 bits per heavy atom. The van der Waals surface area contributed by atoms with Crippen LogP contribution in [0.1, 0.15) is 20.3 Å². The monoisotopic (exact) mass is 252 g/mol. The van der Waals surface area contributed by atoms with Gasteiger partial charge < -0.3 is 11.1 Å². The molecule has 1 amide bonds. The lowest BCUT2D eigenvalue weighted by Gasteiger charge is -2.06. The van der Waals surface area contributed by atoms with Gasteiger partial charge >= 0.3 is 0 Å². The average molecular weight is 252 g/mol. The summed E-state index contributed by atoms with van der Waals surface area (Å²) in [4.78, 5) is 11.6. The Kier molecular flexibility index (Phi) is 5.91. The summed E-state index contributed by atoms with van der Waals surface area (Å²) in [6.07, 6.45) is 1.15. The molecule has 1 aromatic rings. The second kappa shape index (κ2) is 7.22. The highest BCUT2D eigenvalue weighted by Crippen LogP contribution is 2.13. The van der Waals surface area contributed by atoms with Gasteiger partial charge in [0.25, 0.3) is 0 Å². The number of nitrogens with two attached hydrogens (primary N) is 1. The molecule has 17 heavy (non-hydrogen) atoms. The Hall–Kier alpha value is -1.16. The minimum Gasteiger partial charge on any atom is -0.399 e. The first-order chi connectivity index (χ1) is 8.08. The fourth-order valence-corrected chi connectivity index (χ4v) is 2.34. The molecule has 0 aliphatic rings. The highest BCUT2D eigenvalue weighted by molar-refractivity contribution is 7.99. The van der Waals surface area contributed by atoms with Gasteiger partial charge in [-0.25, -0.2) is 0 Å². The van der Waals surface area contributed by atoms with E-state index in [1.807, 2.05) is 12.1 Å². The van der Waals surface area contributed by atoms with E-state index in [2.05, 4.69) is 19.2 Å². The smallest absolute Gasteiger partial charge is 0.234 e. The predicted octanol–water partition coefficient (Wildman–Crippen LogP) is 2.99. The van der Waals surface area contributed by atoms with Gasteiger partial charge in [0, 0.05) is 11.4 Å². The maximum Gasteiger partial charge on any atom is 0.234 e. The number of rotatable bonds is 6. The molecule has 0 radical (unpaired) electrons. The molecular formula is C13H20N2OS. The molecule has 1 aromatic carbocycles. The van der Waals surface area contributed by atoms with Crippen molar-refractivity contribution in [2.45, 2.75) is 20.3 Å². The van der Waals surface area contributed by atoms with Crippen molar-refractivity contribution < 1.29 is 4.79 Å². The molecule has 3 nitrogen and oxygen atoms in total. The van der Waals surface area contributed by atoms with E-state index < -0.39 is 0 Å². The standard InChI is InChI=1S/C13H20N2OS/c1-10(2)6-7-17-9-13(16)15-12-5-3-4-11(14)8-12/h3-5,8,10H,6-7,9,14H2,1-2H3,(H,15,16). The molecule has 0 aliphatic carbocycles. The first kappa shape index (κ1) is 13.9. The number of thioether (sulfide) groups is 1. The maximum atomic E-state index is 11.6. The van der Waals surface area contributed by atoms with Crippen LogP contribution in [-0.2, 0) is 4.79 Å². The van der Waals surface area contributed by atoms with Gasteiger partial charge in [-0.15, -0.1) is 0 Å². The van der Waals surface area contributed by atoms with Crippen LogP contribution in [0, 0.1) is 5.92 Å². The number of anilines is 2. The molecule has 0 spiro atoms. The van der Waals surface area contributed by atoms with Crippen LogP contribution in [-0.4, -0.2) is 17.4 Å². The average Bonchev–Trinajstić information content (AvgIpc) is 2.24. The zero-order valence-corrected chi connectivity index (χ0v) is 11.2. The van der Waals surface area contributed by atoms with Gasteiger partial charge in [0.15, 0.2) is 0 Å². The van der Waals surface area contributed by atoms with Crippen LogP contribution < -0.4 is 11.1 Å². The van der Waals surface area contributed by atoms with Crippen LogP contribution in [0.25, 0.3) is 0 Å². The summed E-state index contributed by atoms with van der Waals surface area (Å²) in [7, 11) is 0. The topological polar surface area (TPSA) is 55.1 Å². The first-order valence-electron chi connectivity index (χ1n) is 5.81. The van der Waals surface area contributed by atoms with E-state index in [0.717, 1.165) is 17.9 Å². The van der Waals surface area contributed by atoms with Crippen molar-refractivity contribution in [3.63, 3.8) is 0 Å². The van der Waals surface area contributed by atoms with Crippen LogP contribution in [0.3, 0.4) is 0 Å². The molecular weight excluding hydrogens is 232 g/mol.